The SMILES string of the molecule is Cc1ccc([C@@H](NC(=O)C2CCN(S(=O)(=O)c3ccc(F)c(F)c3)CC2)c2cccs2)cc1. The van der Waals surface area contributed by atoms with Gasteiger partial charge in [-0.15, -0.1) is 11.3 Å². The number of amides is 1. The number of hydrogen-bond donors (Lipinski definition) is 1. The molecule has 0 saturated carbocycles. The van der Waals surface area contributed by atoms with Crippen molar-refractivity contribution in [3.8, 4) is 0 Å². The summed E-state index contributed by atoms with van der Waals surface area (Å²) >= 11 is 1.56. The summed E-state index contributed by atoms with van der Waals surface area (Å²) in [6.45, 7) is 2.27. The second-order valence-corrected chi connectivity index (χ2v) is 11.0. The molecule has 0 unspecified atom stereocenters. The molecule has 1 fully saturated rings. The molecule has 0 spiro atoms. The predicted molar refractivity (Wildman–Crippen MR) is 123 cm³/mol. The first-order valence-corrected chi connectivity index (χ1v) is 12.9. The number of nitrogens with zero attached hydrogens (tertiary/aromatic N) is 1. The number of carbonyl (C=O) groups excluding carboxylic acids is 1. The van der Waals surface area contributed by atoms with Crippen LogP contribution in [-0.2, 0) is 14.8 Å². The highest BCUT2D eigenvalue weighted by molar-refractivity contribution is 7.89. The Morgan fingerprint density at radius 1 is 1.06 bits per heavy atom. The molecule has 2 heterocycles. The molecule has 33 heavy (non-hydrogen) atoms. The van der Waals surface area contributed by atoms with Gasteiger partial charge in [-0.1, -0.05) is 35.9 Å². The van der Waals surface area contributed by atoms with Crippen molar-refractivity contribution in [2.24, 2.45) is 5.92 Å². The van der Waals surface area contributed by atoms with Crippen LogP contribution in [-0.4, -0.2) is 31.7 Å². The number of sulfonamides is 1. The molecule has 1 aromatic heterocycles. The van der Waals surface area contributed by atoms with Crippen LogP contribution in [0.25, 0.3) is 0 Å². The second-order valence-electron chi connectivity index (χ2n) is 8.12. The van der Waals surface area contributed by atoms with Gasteiger partial charge in [0.05, 0.1) is 10.9 Å². The van der Waals surface area contributed by atoms with Crippen LogP contribution in [0.4, 0.5) is 8.78 Å². The van der Waals surface area contributed by atoms with Crippen LogP contribution in [0.5, 0.6) is 0 Å². The minimum atomic E-state index is -3.96. The summed E-state index contributed by atoms with van der Waals surface area (Å²) in [4.78, 5) is 13.8. The Morgan fingerprint density at radius 2 is 1.76 bits per heavy atom. The molecule has 174 valence electrons. The summed E-state index contributed by atoms with van der Waals surface area (Å²) < 4.78 is 53.6. The summed E-state index contributed by atoms with van der Waals surface area (Å²) in [7, 11) is -3.96. The van der Waals surface area contributed by atoms with Crippen LogP contribution in [0.2, 0.25) is 0 Å². The van der Waals surface area contributed by atoms with Gasteiger partial charge in [0.15, 0.2) is 11.6 Å². The van der Waals surface area contributed by atoms with Crippen molar-refractivity contribution in [1.29, 1.82) is 0 Å². The Morgan fingerprint density at radius 3 is 2.36 bits per heavy atom. The largest absolute Gasteiger partial charge is 0.344 e. The molecule has 1 N–H and O–H groups in total. The zero-order valence-electron chi connectivity index (χ0n) is 18.0. The van der Waals surface area contributed by atoms with E-state index in [1.807, 2.05) is 48.7 Å². The van der Waals surface area contributed by atoms with Crippen molar-refractivity contribution in [2.45, 2.75) is 30.7 Å². The van der Waals surface area contributed by atoms with Gasteiger partial charge in [-0.2, -0.15) is 4.31 Å². The fraction of sp³-hybridized carbons (Fsp3) is 0.292. The zero-order chi connectivity index (χ0) is 23.6. The molecule has 1 amide bonds. The maximum atomic E-state index is 13.5. The number of benzene rings is 2. The van der Waals surface area contributed by atoms with E-state index in [2.05, 4.69) is 5.32 Å². The molecule has 1 aliphatic rings. The summed E-state index contributed by atoms with van der Waals surface area (Å²) in [6, 6.07) is 14.2. The van der Waals surface area contributed by atoms with E-state index in [4.69, 9.17) is 0 Å². The van der Waals surface area contributed by atoms with E-state index in [0.717, 1.165) is 28.1 Å². The number of nitrogens with one attached hydrogen (secondary N) is 1. The van der Waals surface area contributed by atoms with Gasteiger partial charge in [-0.25, -0.2) is 17.2 Å². The van der Waals surface area contributed by atoms with Crippen molar-refractivity contribution in [2.75, 3.05) is 13.1 Å². The van der Waals surface area contributed by atoms with Crippen molar-refractivity contribution < 1.29 is 22.0 Å². The van der Waals surface area contributed by atoms with Gasteiger partial charge >= 0.3 is 0 Å². The van der Waals surface area contributed by atoms with Gasteiger partial charge in [0, 0.05) is 23.9 Å². The molecule has 1 saturated heterocycles. The molecule has 3 aromatic rings. The summed E-state index contributed by atoms with van der Waals surface area (Å²) in [6.07, 6.45) is 0.694. The summed E-state index contributed by atoms with van der Waals surface area (Å²) in [5.41, 5.74) is 2.11. The second kappa shape index (κ2) is 9.70. The van der Waals surface area contributed by atoms with Gasteiger partial charge in [0.2, 0.25) is 15.9 Å². The molecule has 4 rings (SSSR count). The van der Waals surface area contributed by atoms with Crippen LogP contribution in [0.15, 0.2) is 64.9 Å². The Balaban J connectivity index is 1.44. The van der Waals surface area contributed by atoms with E-state index in [0.29, 0.717) is 18.9 Å². The number of aryl methyl sites for hydroxylation is 1. The number of rotatable bonds is 6. The van der Waals surface area contributed by atoms with Crippen molar-refractivity contribution in [3.63, 3.8) is 0 Å². The normalized spacial score (nSPS) is 16.5. The monoisotopic (exact) mass is 490 g/mol. The highest BCUT2D eigenvalue weighted by atomic mass is 32.2. The van der Waals surface area contributed by atoms with Crippen LogP contribution < -0.4 is 5.32 Å². The topological polar surface area (TPSA) is 66.5 Å². The first kappa shape index (κ1) is 23.5. The van der Waals surface area contributed by atoms with Gasteiger partial charge in [-0.3, -0.25) is 4.79 Å². The Kier molecular flexibility index (Phi) is 6.92. The smallest absolute Gasteiger partial charge is 0.243 e. The molecule has 9 heteroatoms. The Hall–Kier alpha value is -2.62. The summed E-state index contributed by atoms with van der Waals surface area (Å²) in [5, 5.41) is 5.10. The molecule has 1 aliphatic heterocycles. The Bertz CT molecular complexity index is 1220. The first-order chi connectivity index (χ1) is 15.8. The van der Waals surface area contributed by atoms with Crippen molar-refractivity contribution >= 4 is 27.3 Å². The lowest BCUT2D eigenvalue weighted by molar-refractivity contribution is -0.126. The zero-order valence-corrected chi connectivity index (χ0v) is 19.6. The third kappa shape index (κ3) is 5.15. The maximum absolute atomic E-state index is 13.5. The highest BCUT2D eigenvalue weighted by Crippen LogP contribution is 2.29. The molecular formula is C24H24F2N2O3S2. The van der Waals surface area contributed by atoms with E-state index in [9.17, 15) is 22.0 Å². The highest BCUT2D eigenvalue weighted by Gasteiger charge is 2.33. The summed E-state index contributed by atoms with van der Waals surface area (Å²) in [5.74, 6) is -2.77. The molecule has 0 bridgehead atoms. The lowest BCUT2D eigenvalue weighted by atomic mass is 9.95. The average molecular weight is 491 g/mol. The van der Waals surface area contributed by atoms with E-state index < -0.39 is 21.7 Å². The Labute approximate surface area is 196 Å². The van der Waals surface area contributed by atoms with Crippen LogP contribution >= 0.6 is 11.3 Å². The van der Waals surface area contributed by atoms with Gasteiger partial charge in [0.25, 0.3) is 0 Å². The first-order valence-electron chi connectivity index (χ1n) is 10.6. The van der Waals surface area contributed by atoms with Crippen molar-refractivity contribution in [3.05, 3.63) is 87.6 Å². The van der Waals surface area contributed by atoms with Gasteiger partial charge in [-0.05, 0) is 55.0 Å². The molecule has 1 atom stereocenters. The molecule has 2 aromatic carbocycles. The van der Waals surface area contributed by atoms with E-state index in [1.165, 1.54) is 4.31 Å². The predicted octanol–water partition coefficient (Wildman–Crippen LogP) is 4.64. The van der Waals surface area contributed by atoms with E-state index in [1.54, 1.807) is 11.3 Å². The lowest BCUT2D eigenvalue weighted by Gasteiger charge is -2.31. The van der Waals surface area contributed by atoms with E-state index in [-0.39, 0.29) is 35.9 Å². The lowest BCUT2D eigenvalue weighted by Crippen LogP contribution is -2.43. The number of piperidine rings is 1. The van der Waals surface area contributed by atoms with Gasteiger partial charge < -0.3 is 5.32 Å². The standard InChI is InChI=1S/C24H24F2N2O3S2/c1-16-4-6-17(7-5-16)23(22-3-2-14-32-22)27-24(29)18-10-12-28(13-11-18)33(30,31)19-8-9-20(25)21(26)15-19/h2-9,14-15,18,23H,10-13H2,1H3,(H,27,29)/t23-/m1/s1. The molecular weight excluding hydrogens is 466 g/mol. The number of thiophene rings is 1. The third-order valence-electron chi connectivity index (χ3n) is 5.88. The number of carbonyl (C=O) groups is 1. The van der Waals surface area contributed by atoms with Crippen LogP contribution in [0.1, 0.15) is 34.9 Å². The van der Waals surface area contributed by atoms with Crippen molar-refractivity contribution in [1.82, 2.24) is 9.62 Å². The minimum Gasteiger partial charge on any atom is -0.344 e. The average Bonchev–Trinajstić information content (AvgIpc) is 3.34. The van der Waals surface area contributed by atoms with Crippen LogP contribution in [0.3, 0.4) is 0 Å². The number of halogens is 2. The third-order valence-corrected chi connectivity index (χ3v) is 8.71. The molecule has 5 nitrogen and oxygen atoms in total. The fourth-order valence-electron chi connectivity index (χ4n) is 3.94. The fourth-order valence-corrected chi connectivity index (χ4v) is 6.22. The molecule has 0 radical (unpaired) electrons. The number of hydrogen-bond acceptors (Lipinski definition) is 4. The minimum absolute atomic E-state index is 0.126. The maximum Gasteiger partial charge on any atom is 0.243 e. The molecule has 0 aliphatic carbocycles. The van der Waals surface area contributed by atoms with Crippen LogP contribution in [0, 0.1) is 24.5 Å². The van der Waals surface area contributed by atoms with Gasteiger partial charge in [0.1, 0.15) is 0 Å². The van der Waals surface area contributed by atoms with E-state index >= 15 is 0 Å². The quantitative estimate of drug-likeness (QED) is 0.547.